The van der Waals surface area contributed by atoms with Crippen LogP contribution in [0.5, 0.6) is 0 Å². The van der Waals surface area contributed by atoms with Crippen LogP contribution >= 0.6 is 0 Å². The molecule has 1 aromatic carbocycles. The fourth-order valence-corrected chi connectivity index (χ4v) is 2.91. The molecule has 5 heteroatoms. The number of unbranched alkanes of at least 4 members (excludes halogenated alkanes) is 1. The van der Waals surface area contributed by atoms with Gasteiger partial charge in [0, 0.05) is 45.5 Å². The van der Waals surface area contributed by atoms with Crippen LogP contribution in [0.25, 0.3) is 0 Å². The minimum Gasteiger partial charge on any atom is -0.378 e. The number of likely N-dealkylation sites (N-methyl/N-ethyl adjacent to an activating group) is 1. The summed E-state index contributed by atoms with van der Waals surface area (Å²) in [5.74, 6) is 0.0121. The topological polar surface area (TPSA) is 43.9 Å². The summed E-state index contributed by atoms with van der Waals surface area (Å²) >= 11 is 0. The van der Waals surface area contributed by atoms with E-state index in [9.17, 15) is 9.59 Å². The smallest absolute Gasteiger partial charge is 0.254 e. The van der Waals surface area contributed by atoms with Crippen LogP contribution in [0.1, 0.15) is 36.5 Å². The molecule has 0 aliphatic carbocycles. The highest BCUT2D eigenvalue weighted by Gasteiger charge is 2.35. The lowest BCUT2D eigenvalue weighted by molar-refractivity contribution is -0.138. The Kier molecular flexibility index (Phi) is 5.64. The van der Waals surface area contributed by atoms with Crippen molar-refractivity contribution in [2.45, 2.75) is 32.2 Å². The Hall–Kier alpha value is -2.04. The van der Waals surface area contributed by atoms with Gasteiger partial charge in [-0.15, -0.1) is 0 Å². The van der Waals surface area contributed by atoms with Crippen molar-refractivity contribution in [2.24, 2.45) is 0 Å². The molecule has 0 aromatic heterocycles. The summed E-state index contributed by atoms with van der Waals surface area (Å²) in [6.07, 6.45) is 2.70. The lowest BCUT2D eigenvalue weighted by Crippen LogP contribution is -2.57. The Morgan fingerprint density at radius 2 is 2.04 bits per heavy atom. The Morgan fingerprint density at radius 3 is 2.70 bits per heavy atom. The highest BCUT2D eigenvalue weighted by atomic mass is 16.2. The molecule has 1 aromatic rings. The van der Waals surface area contributed by atoms with Crippen molar-refractivity contribution in [3.8, 4) is 0 Å². The normalized spacial score (nSPS) is 18.3. The van der Waals surface area contributed by atoms with E-state index in [0.29, 0.717) is 18.7 Å². The molecule has 0 saturated carbocycles. The number of carbonyl (C=O) groups excluding carboxylic acids is 2. The van der Waals surface area contributed by atoms with Crippen LogP contribution in [-0.2, 0) is 4.79 Å². The Balaban J connectivity index is 2.24. The summed E-state index contributed by atoms with van der Waals surface area (Å²) in [5, 5.41) is 0. The zero-order valence-electron chi connectivity index (χ0n) is 14.6. The molecular weight excluding hydrogens is 290 g/mol. The van der Waals surface area contributed by atoms with Gasteiger partial charge in [-0.3, -0.25) is 9.59 Å². The summed E-state index contributed by atoms with van der Waals surface area (Å²) in [6.45, 7) is 3.30. The second-order valence-corrected chi connectivity index (χ2v) is 6.36. The largest absolute Gasteiger partial charge is 0.378 e. The predicted molar refractivity (Wildman–Crippen MR) is 92.8 cm³/mol. The first-order valence-electron chi connectivity index (χ1n) is 8.29. The van der Waals surface area contributed by atoms with Crippen LogP contribution in [0.15, 0.2) is 24.3 Å². The van der Waals surface area contributed by atoms with E-state index in [1.807, 2.05) is 50.3 Å². The molecule has 126 valence electrons. The van der Waals surface area contributed by atoms with Gasteiger partial charge >= 0.3 is 0 Å². The fraction of sp³-hybridized carbons (Fsp3) is 0.556. The number of nitrogens with zero attached hydrogens (tertiary/aromatic N) is 3. The number of benzene rings is 1. The van der Waals surface area contributed by atoms with E-state index in [0.717, 1.165) is 24.9 Å². The first-order valence-corrected chi connectivity index (χ1v) is 8.29. The third-order valence-electron chi connectivity index (χ3n) is 4.42. The average molecular weight is 317 g/mol. The van der Waals surface area contributed by atoms with Gasteiger partial charge in [0.05, 0.1) is 0 Å². The molecule has 0 bridgehead atoms. The quantitative estimate of drug-likeness (QED) is 0.836. The maximum atomic E-state index is 12.9. The van der Waals surface area contributed by atoms with Crippen LogP contribution in [0, 0.1) is 0 Å². The molecule has 5 nitrogen and oxygen atoms in total. The third-order valence-corrected chi connectivity index (χ3v) is 4.42. The molecule has 0 spiro atoms. The average Bonchev–Trinajstić information content (AvgIpc) is 2.55. The van der Waals surface area contributed by atoms with Crippen molar-refractivity contribution in [3.05, 3.63) is 29.8 Å². The summed E-state index contributed by atoms with van der Waals surface area (Å²) in [6, 6.07) is 7.25. The highest BCUT2D eigenvalue weighted by molar-refractivity contribution is 5.98. The van der Waals surface area contributed by atoms with Gasteiger partial charge in [0.2, 0.25) is 5.91 Å². The van der Waals surface area contributed by atoms with Gasteiger partial charge in [-0.2, -0.15) is 0 Å². The maximum absolute atomic E-state index is 12.9. The second-order valence-electron chi connectivity index (χ2n) is 6.36. The fourth-order valence-electron chi connectivity index (χ4n) is 2.91. The SMILES string of the molecule is CCCC[C@H]1C(=O)N(C)CCN1C(=O)c1cccc(N(C)C)c1. The van der Waals surface area contributed by atoms with E-state index in [4.69, 9.17) is 0 Å². The zero-order valence-corrected chi connectivity index (χ0v) is 14.6. The first kappa shape index (κ1) is 17.3. The number of hydrogen-bond acceptors (Lipinski definition) is 3. The molecule has 0 N–H and O–H groups in total. The Labute approximate surface area is 138 Å². The molecule has 1 atom stereocenters. The third kappa shape index (κ3) is 3.84. The van der Waals surface area contributed by atoms with Gasteiger partial charge in [-0.25, -0.2) is 0 Å². The van der Waals surface area contributed by atoms with Crippen molar-refractivity contribution in [2.75, 3.05) is 39.1 Å². The summed E-state index contributed by atoms with van der Waals surface area (Å²) in [4.78, 5) is 30.9. The van der Waals surface area contributed by atoms with E-state index in [1.165, 1.54) is 0 Å². The number of anilines is 1. The van der Waals surface area contributed by atoms with Crippen molar-refractivity contribution in [1.82, 2.24) is 9.80 Å². The van der Waals surface area contributed by atoms with Gasteiger partial charge in [-0.1, -0.05) is 25.8 Å². The highest BCUT2D eigenvalue weighted by Crippen LogP contribution is 2.21. The number of carbonyl (C=O) groups is 2. The van der Waals surface area contributed by atoms with E-state index >= 15 is 0 Å². The van der Waals surface area contributed by atoms with Crippen LogP contribution < -0.4 is 4.90 Å². The molecule has 2 rings (SSSR count). The zero-order chi connectivity index (χ0) is 17.0. The van der Waals surface area contributed by atoms with Crippen molar-refractivity contribution < 1.29 is 9.59 Å². The van der Waals surface area contributed by atoms with E-state index in [1.54, 1.807) is 9.80 Å². The molecule has 1 aliphatic heterocycles. The molecule has 1 fully saturated rings. The number of piperazine rings is 1. The summed E-state index contributed by atoms with van der Waals surface area (Å²) < 4.78 is 0. The molecule has 1 heterocycles. The molecule has 2 amide bonds. The lowest BCUT2D eigenvalue weighted by atomic mass is 10.0. The number of rotatable bonds is 5. The second kappa shape index (κ2) is 7.49. The molecule has 0 unspecified atom stereocenters. The van der Waals surface area contributed by atoms with Crippen LogP contribution in [0.4, 0.5) is 5.69 Å². The lowest BCUT2D eigenvalue weighted by Gasteiger charge is -2.39. The minimum absolute atomic E-state index is 0.0451. The van der Waals surface area contributed by atoms with E-state index < -0.39 is 0 Å². The van der Waals surface area contributed by atoms with E-state index in [-0.39, 0.29) is 17.9 Å². The van der Waals surface area contributed by atoms with Crippen molar-refractivity contribution in [1.29, 1.82) is 0 Å². The van der Waals surface area contributed by atoms with Gasteiger partial charge in [0.15, 0.2) is 0 Å². The molecule has 1 aliphatic rings. The molecule has 0 radical (unpaired) electrons. The predicted octanol–water partition coefficient (Wildman–Crippen LogP) is 2.23. The summed E-state index contributed by atoms with van der Waals surface area (Å²) in [5.41, 5.74) is 1.64. The van der Waals surface area contributed by atoms with Gasteiger partial charge < -0.3 is 14.7 Å². The molecule has 23 heavy (non-hydrogen) atoms. The van der Waals surface area contributed by atoms with Crippen molar-refractivity contribution in [3.63, 3.8) is 0 Å². The maximum Gasteiger partial charge on any atom is 0.254 e. The number of hydrogen-bond donors (Lipinski definition) is 0. The van der Waals surface area contributed by atoms with Crippen LogP contribution in [-0.4, -0.2) is 61.9 Å². The Bertz CT molecular complexity index is 571. The van der Waals surface area contributed by atoms with Gasteiger partial charge in [0.25, 0.3) is 5.91 Å². The van der Waals surface area contributed by atoms with Crippen LogP contribution in [0.3, 0.4) is 0 Å². The standard InChI is InChI=1S/C18H27N3O2/c1-5-6-10-16-18(23)20(4)11-12-21(16)17(22)14-8-7-9-15(13-14)19(2)3/h7-9,13,16H,5-6,10-12H2,1-4H3/t16-/m0/s1. The Morgan fingerprint density at radius 1 is 1.30 bits per heavy atom. The van der Waals surface area contributed by atoms with Gasteiger partial charge in [-0.05, 0) is 24.6 Å². The van der Waals surface area contributed by atoms with Gasteiger partial charge in [0.1, 0.15) is 6.04 Å². The number of amides is 2. The van der Waals surface area contributed by atoms with E-state index in [2.05, 4.69) is 6.92 Å². The minimum atomic E-state index is -0.329. The molecule has 1 saturated heterocycles. The van der Waals surface area contributed by atoms with Crippen LogP contribution in [0.2, 0.25) is 0 Å². The van der Waals surface area contributed by atoms with Crippen molar-refractivity contribution >= 4 is 17.5 Å². The summed E-state index contributed by atoms with van der Waals surface area (Å²) in [7, 11) is 5.72. The monoisotopic (exact) mass is 317 g/mol. The first-order chi connectivity index (χ1) is 11.0. The molecular formula is C18H27N3O2.